The summed E-state index contributed by atoms with van der Waals surface area (Å²) in [5.74, 6) is -0.0639. The van der Waals surface area contributed by atoms with Gasteiger partial charge in [0, 0.05) is 12.1 Å². The largest absolute Gasteiger partial charge is 0.397 e. The van der Waals surface area contributed by atoms with E-state index in [1.807, 2.05) is 0 Å². The molecule has 1 aliphatic heterocycles. The summed E-state index contributed by atoms with van der Waals surface area (Å²) in [6.45, 7) is -1.37. The first-order valence-corrected chi connectivity index (χ1v) is 6.36. The second-order valence-corrected chi connectivity index (χ2v) is 5.02. The average molecular weight is 281 g/mol. The third kappa shape index (κ3) is 2.69. The standard InChI is InChI=1S/C13H19N3O4/c14-9-3-8-1-2-12(20)15-10(8)4-11(9)16-13(5-17,6-18)7-19/h3-4,16-19H,1-2,5-7,14H2,(H,15,20). The molecule has 1 amide bonds. The maximum absolute atomic E-state index is 11.4. The highest BCUT2D eigenvalue weighted by Crippen LogP contribution is 2.32. The molecule has 0 fully saturated rings. The number of nitrogen functional groups attached to an aromatic ring is 1. The molecular weight excluding hydrogens is 262 g/mol. The van der Waals surface area contributed by atoms with Gasteiger partial charge in [-0.3, -0.25) is 4.79 Å². The topological polar surface area (TPSA) is 128 Å². The first-order valence-electron chi connectivity index (χ1n) is 6.36. The number of amides is 1. The van der Waals surface area contributed by atoms with Crippen molar-refractivity contribution < 1.29 is 20.1 Å². The van der Waals surface area contributed by atoms with Gasteiger partial charge in [-0.25, -0.2) is 0 Å². The van der Waals surface area contributed by atoms with Crippen molar-refractivity contribution in [1.29, 1.82) is 0 Å². The molecule has 7 N–H and O–H groups in total. The highest BCUT2D eigenvalue weighted by atomic mass is 16.3. The number of nitrogens with two attached hydrogens (primary N) is 1. The molecule has 110 valence electrons. The Hall–Kier alpha value is -1.83. The number of aliphatic hydroxyl groups excluding tert-OH is 3. The monoisotopic (exact) mass is 281 g/mol. The van der Waals surface area contributed by atoms with Gasteiger partial charge in [-0.1, -0.05) is 0 Å². The van der Waals surface area contributed by atoms with Crippen LogP contribution in [0, 0.1) is 0 Å². The molecule has 0 unspecified atom stereocenters. The third-order valence-electron chi connectivity index (χ3n) is 3.48. The Labute approximate surface area is 116 Å². The molecule has 1 heterocycles. The molecule has 0 aliphatic carbocycles. The van der Waals surface area contributed by atoms with Gasteiger partial charge in [-0.05, 0) is 24.1 Å². The number of hydrogen-bond acceptors (Lipinski definition) is 6. The number of carbonyl (C=O) groups is 1. The summed E-state index contributed by atoms with van der Waals surface area (Å²) in [5.41, 5.74) is 7.14. The predicted molar refractivity (Wildman–Crippen MR) is 75.4 cm³/mol. The Morgan fingerprint density at radius 3 is 2.45 bits per heavy atom. The number of carbonyl (C=O) groups excluding carboxylic acids is 1. The Bertz CT molecular complexity index is 506. The number of hydrogen-bond donors (Lipinski definition) is 6. The summed E-state index contributed by atoms with van der Waals surface area (Å²) in [5, 5.41) is 33.5. The minimum atomic E-state index is -1.26. The van der Waals surface area contributed by atoms with E-state index in [1.165, 1.54) is 0 Å². The number of anilines is 3. The lowest BCUT2D eigenvalue weighted by molar-refractivity contribution is -0.116. The minimum Gasteiger partial charge on any atom is -0.397 e. The van der Waals surface area contributed by atoms with Gasteiger partial charge in [-0.2, -0.15) is 0 Å². The average Bonchev–Trinajstić information content (AvgIpc) is 2.46. The molecule has 0 bridgehead atoms. The maximum atomic E-state index is 11.4. The molecule has 20 heavy (non-hydrogen) atoms. The molecule has 0 saturated heterocycles. The van der Waals surface area contributed by atoms with Crippen LogP contribution in [-0.4, -0.2) is 46.6 Å². The van der Waals surface area contributed by atoms with Crippen LogP contribution in [0.5, 0.6) is 0 Å². The Morgan fingerprint density at radius 2 is 1.85 bits per heavy atom. The highest BCUT2D eigenvalue weighted by Gasteiger charge is 2.29. The smallest absolute Gasteiger partial charge is 0.224 e. The van der Waals surface area contributed by atoms with E-state index in [0.717, 1.165) is 5.56 Å². The van der Waals surface area contributed by atoms with Crippen molar-refractivity contribution in [2.45, 2.75) is 18.4 Å². The fraction of sp³-hybridized carbons (Fsp3) is 0.462. The lowest BCUT2D eigenvalue weighted by Gasteiger charge is -2.31. The Morgan fingerprint density at radius 1 is 1.20 bits per heavy atom. The molecule has 1 aromatic carbocycles. The molecule has 7 nitrogen and oxygen atoms in total. The molecule has 0 spiro atoms. The summed E-state index contributed by atoms with van der Waals surface area (Å²) in [4.78, 5) is 11.4. The normalized spacial score (nSPS) is 14.7. The summed E-state index contributed by atoms with van der Waals surface area (Å²) < 4.78 is 0. The van der Waals surface area contributed by atoms with Crippen molar-refractivity contribution in [2.24, 2.45) is 0 Å². The van der Waals surface area contributed by atoms with E-state index in [1.54, 1.807) is 12.1 Å². The number of benzene rings is 1. The summed E-state index contributed by atoms with van der Waals surface area (Å²) in [6.07, 6.45) is 1.05. The van der Waals surface area contributed by atoms with Crippen LogP contribution in [0.15, 0.2) is 12.1 Å². The van der Waals surface area contributed by atoms with Gasteiger partial charge in [0.15, 0.2) is 0 Å². The van der Waals surface area contributed by atoms with Crippen LogP contribution in [0.2, 0.25) is 0 Å². The van der Waals surface area contributed by atoms with Gasteiger partial charge in [0.1, 0.15) is 5.54 Å². The molecule has 0 atom stereocenters. The zero-order valence-electron chi connectivity index (χ0n) is 11.0. The van der Waals surface area contributed by atoms with Crippen molar-refractivity contribution in [3.8, 4) is 0 Å². The minimum absolute atomic E-state index is 0.0639. The molecular formula is C13H19N3O4. The molecule has 1 aliphatic rings. The van der Waals surface area contributed by atoms with Gasteiger partial charge in [0.05, 0.1) is 31.2 Å². The van der Waals surface area contributed by atoms with E-state index in [9.17, 15) is 20.1 Å². The van der Waals surface area contributed by atoms with Crippen molar-refractivity contribution in [2.75, 3.05) is 36.2 Å². The predicted octanol–water partition coefficient (Wildman–Crippen LogP) is -0.719. The quantitative estimate of drug-likeness (QED) is 0.395. The zero-order chi connectivity index (χ0) is 14.8. The number of aryl methyl sites for hydroxylation is 1. The van der Waals surface area contributed by atoms with Crippen LogP contribution in [-0.2, 0) is 11.2 Å². The van der Waals surface area contributed by atoms with Crippen molar-refractivity contribution >= 4 is 23.0 Å². The van der Waals surface area contributed by atoms with Gasteiger partial charge >= 0.3 is 0 Å². The van der Waals surface area contributed by atoms with Crippen LogP contribution < -0.4 is 16.4 Å². The van der Waals surface area contributed by atoms with Crippen LogP contribution in [0.4, 0.5) is 17.1 Å². The van der Waals surface area contributed by atoms with Crippen molar-refractivity contribution in [1.82, 2.24) is 0 Å². The lowest BCUT2D eigenvalue weighted by Crippen LogP contribution is -2.49. The Balaban J connectivity index is 2.33. The molecule has 1 aromatic rings. The van der Waals surface area contributed by atoms with Crippen LogP contribution in [0.1, 0.15) is 12.0 Å². The van der Waals surface area contributed by atoms with E-state index in [2.05, 4.69) is 10.6 Å². The molecule has 0 saturated carbocycles. The molecule has 2 rings (SSSR count). The number of rotatable bonds is 5. The van der Waals surface area contributed by atoms with E-state index in [0.29, 0.717) is 29.9 Å². The SMILES string of the molecule is Nc1cc2c(cc1NC(CO)(CO)CO)NC(=O)CC2. The molecule has 7 heteroatoms. The van der Waals surface area contributed by atoms with Gasteiger partial charge in [0.2, 0.25) is 5.91 Å². The molecule has 0 aromatic heterocycles. The van der Waals surface area contributed by atoms with Crippen LogP contribution >= 0.6 is 0 Å². The van der Waals surface area contributed by atoms with Gasteiger partial charge < -0.3 is 31.7 Å². The summed E-state index contributed by atoms with van der Waals surface area (Å²) >= 11 is 0. The van der Waals surface area contributed by atoms with E-state index >= 15 is 0 Å². The number of aliphatic hydroxyl groups is 3. The summed E-state index contributed by atoms with van der Waals surface area (Å²) in [6, 6.07) is 3.39. The lowest BCUT2D eigenvalue weighted by atomic mass is 9.99. The second kappa shape index (κ2) is 5.66. The maximum Gasteiger partial charge on any atom is 0.224 e. The van der Waals surface area contributed by atoms with E-state index in [4.69, 9.17) is 5.73 Å². The van der Waals surface area contributed by atoms with Crippen LogP contribution in [0.25, 0.3) is 0 Å². The van der Waals surface area contributed by atoms with Gasteiger partial charge in [-0.15, -0.1) is 0 Å². The fourth-order valence-corrected chi connectivity index (χ4v) is 2.11. The first kappa shape index (κ1) is 14.6. The Kier molecular flexibility index (Phi) is 4.12. The van der Waals surface area contributed by atoms with Crippen LogP contribution in [0.3, 0.4) is 0 Å². The highest BCUT2D eigenvalue weighted by molar-refractivity contribution is 5.95. The van der Waals surface area contributed by atoms with Crippen molar-refractivity contribution in [3.05, 3.63) is 17.7 Å². The number of fused-ring (bicyclic) bond motifs is 1. The number of nitrogens with one attached hydrogen (secondary N) is 2. The van der Waals surface area contributed by atoms with E-state index < -0.39 is 25.4 Å². The first-order chi connectivity index (χ1) is 9.53. The van der Waals surface area contributed by atoms with Crippen molar-refractivity contribution in [3.63, 3.8) is 0 Å². The molecule has 0 radical (unpaired) electrons. The third-order valence-corrected chi connectivity index (χ3v) is 3.48. The summed E-state index contributed by atoms with van der Waals surface area (Å²) in [7, 11) is 0. The van der Waals surface area contributed by atoms with Gasteiger partial charge in [0.25, 0.3) is 0 Å². The zero-order valence-corrected chi connectivity index (χ0v) is 11.0. The fourth-order valence-electron chi connectivity index (χ4n) is 2.11. The second-order valence-electron chi connectivity index (χ2n) is 5.02. The van der Waals surface area contributed by atoms with E-state index in [-0.39, 0.29) is 5.91 Å².